The van der Waals surface area contributed by atoms with Gasteiger partial charge in [-0.2, -0.15) is 0 Å². The Morgan fingerprint density at radius 1 is 0.388 bits per heavy atom. The van der Waals surface area contributed by atoms with Crippen LogP contribution in [0.2, 0.25) is 0 Å². The number of rotatable bonds is 5. The van der Waals surface area contributed by atoms with Gasteiger partial charge in [-0.25, -0.2) is 0 Å². The second-order valence-electron chi connectivity index (χ2n) is 12.5. The van der Waals surface area contributed by atoms with Gasteiger partial charge in [0.15, 0.2) is 0 Å². The Kier molecular flexibility index (Phi) is 6.55. The van der Waals surface area contributed by atoms with Gasteiger partial charge in [-0.15, -0.1) is 0 Å². The first-order chi connectivity index (χ1) is 24.3. The first-order valence-corrected chi connectivity index (χ1v) is 18.3. The van der Waals surface area contributed by atoms with Crippen molar-refractivity contribution in [2.75, 3.05) is 4.90 Å². The van der Waals surface area contributed by atoms with Crippen LogP contribution < -0.4 is 4.90 Å². The topological polar surface area (TPSA) is 16.4 Å². The fourth-order valence-corrected chi connectivity index (χ4v) is 9.95. The third kappa shape index (κ3) is 4.70. The molecular weight excluding hydrogens is 661 g/mol. The van der Waals surface area contributed by atoms with Crippen molar-refractivity contribution >= 4 is 83.6 Å². The molecule has 0 saturated carbocycles. The zero-order valence-corrected chi connectivity index (χ0v) is 28.2. The normalized spacial score (nSPS) is 11.7. The first kappa shape index (κ1) is 28.2. The van der Waals surface area contributed by atoms with Crippen molar-refractivity contribution in [3.63, 3.8) is 0 Å². The predicted molar refractivity (Wildman–Crippen MR) is 209 cm³/mol. The van der Waals surface area contributed by atoms with E-state index in [4.69, 9.17) is 4.42 Å². The van der Waals surface area contributed by atoms with Crippen molar-refractivity contribution in [2.45, 2.75) is 0 Å². The summed E-state index contributed by atoms with van der Waals surface area (Å²) in [5.74, 6) is 0. The van der Waals surface area contributed by atoms with Crippen molar-refractivity contribution in [1.29, 1.82) is 0 Å². The molecule has 49 heavy (non-hydrogen) atoms. The van der Waals surface area contributed by atoms with Crippen LogP contribution >= 0.6 is 0 Å². The third-order valence-electron chi connectivity index (χ3n) is 9.65. The predicted octanol–water partition coefficient (Wildman–Crippen LogP) is 12.9. The van der Waals surface area contributed by atoms with Crippen LogP contribution in [0, 0.1) is 0 Å². The molecule has 0 aliphatic rings. The third-order valence-corrected chi connectivity index (χ3v) is 12.2. The molecule has 0 atom stereocenters. The molecule has 230 valence electrons. The molecule has 3 heteroatoms. The van der Waals surface area contributed by atoms with Crippen LogP contribution in [0.25, 0.3) is 74.3 Å². The zero-order valence-electron chi connectivity index (χ0n) is 26.5. The van der Waals surface area contributed by atoms with E-state index in [0.29, 0.717) is 14.5 Å². The number of hydrogen-bond donors (Lipinski definition) is 0. The van der Waals surface area contributed by atoms with Crippen molar-refractivity contribution in [1.82, 2.24) is 0 Å². The van der Waals surface area contributed by atoms with Gasteiger partial charge in [0, 0.05) is 0 Å². The number of nitrogens with zero attached hydrogens (tertiary/aromatic N) is 1. The van der Waals surface area contributed by atoms with E-state index >= 15 is 0 Å². The fraction of sp³-hybridized carbons (Fsp3) is 0. The van der Waals surface area contributed by atoms with Crippen molar-refractivity contribution in [3.05, 3.63) is 176 Å². The van der Waals surface area contributed by atoms with E-state index in [1.165, 1.54) is 52.3 Å². The van der Waals surface area contributed by atoms with Gasteiger partial charge >= 0.3 is 243 Å². The van der Waals surface area contributed by atoms with Gasteiger partial charge in [0.1, 0.15) is 0 Å². The van der Waals surface area contributed by atoms with Gasteiger partial charge in [0.05, 0.1) is 0 Å². The van der Waals surface area contributed by atoms with Crippen LogP contribution in [0.4, 0.5) is 17.1 Å². The number of para-hydroxylation sites is 1. The van der Waals surface area contributed by atoms with E-state index < -0.39 is 0 Å². The average Bonchev–Trinajstić information content (AvgIpc) is 3.74. The Bertz CT molecular complexity index is 2840. The Labute approximate surface area is 289 Å². The average molecular weight is 691 g/mol. The minimum atomic E-state index is 0.291. The fourth-order valence-electron chi connectivity index (χ4n) is 7.36. The molecule has 0 unspecified atom stereocenters. The zero-order chi connectivity index (χ0) is 32.3. The molecular formula is C46H29NOSe. The molecule has 2 heterocycles. The van der Waals surface area contributed by atoms with Gasteiger partial charge in [-0.3, -0.25) is 0 Å². The summed E-state index contributed by atoms with van der Waals surface area (Å²) in [5, 5.41) is 7.63. The van der Waals surface area contributed by atoms with Gasteiger partial charge in [0.2, 0.25) is 0 Å². The molecule has 2 aromatic heterocycles. The second-order valence-corrected chi connectivity index (χ2v) is 14.7. The van der Waals surface area contributed by atoms with E-state index in [-0.39, 0.29) is 0 Å². The van der Waals surface area contributed by atoms with Crippen LogP contribution in [-0.4, -0.2) is 14.5 Å². The molecule has 10 aromatic rings. The summed E-state index contributed by atoms with van der Waals surface area (Å²) in [6.07, 6.45) is 0. The first-order valence-electron chi connectivity index (χ1n) is 16.6. The maximum atomic E-state index is 6.40. The minimum absolute atomic E-state index is 0.291. The quantitative estimate of drug-likeness (QED) is 0.167. The van der Waals surface area contributed by atoms with Crippen LogP contribution in [0.3, 0.4) is 0 Å². The summed E-state index contributed by atoms with van der Waals surface area (Å²) >= 11 is 0.291. The maximum absolute atomic E-state index is 6.40. The summed E-state index contributed by atoms with van der Waals surface area (Å²) in [6.45, 7) is 0. The van der Waals surface area contributed by atoms with Gasteiger partial charge in [0.25, 0.3) is 0 Å². The second kappa shape index (κ2) is 11.4. The Morgan fingerprint density at radius 2 is 1.02 bits per heavy atom. The molecule has 0 spiro atoms. The maximum Gasteiger partial charge on any atom is -0.0544 e. The molecule has 0 saturated heterocycles. The van der Waals surface area contributed by atoms with Crippen molar-refractivity contribution in [3.8, 4) is 22.3 Å². The number of hydrogen-bond acceptors (Lipinski definition) is 2. The van der Waals surface area contributed by atoms with Gasteiger partial charge in [-0.05, 0) is 0 Å². The van der Waals surface area contributed by atoms with E-state index in [9.17, 15) is 0 Å². The minimum Gasteiger partial charge on any atom is -0.0617 e. The number of furan rings is 1. The Hall–Kier alpha value is -5.86. The molecule has 2 nitrogen and oxygen atoms in total. The van der Waals surface area contributed by atoms with Crippen LogP contribution in [0.15, 0.2) is 180 Å². The van der Waals surface area contributed by atoms with Crippen molar-refractivity contribution < 1.29 is 4.42 Å². The monoisotopic (exact) mass is 691 g/mol. The number of benzene rings is 8. The molecule has 0 amide bonds. The summed E-state index contributed by atoms with van der Waals surface area (Å²) in [6, 6.07) is 63.6. The molecule has 0 N–H and O–H groups in total. The van der Waals surface area contributed by atoms with Crippen LogP contribution in [-0.2, 0) is 0 Å². The molecule has 0 fully saturated rings. The smallest absolute Gasteiger partial charge is 0.0544 e. The van der Waals surface area contributed by atoms with E-state index in [0.717, 1.165) is 39.0 Å². The SMILES string of the molecule is c1ccc(-c2ccccc2-c2cccc(N(c3ccc4c(ccc5c6ccccc6[se]c45)c3)c3ccc4c(c3)oc3ccccc34)c2)cc1. The number of anilines is 3. The summed E-state index contributed by atoms with van der Waals surface area (Å²) in [7, 11) is 0. The molecule has 0 aliphatic heterocycles. The van der Waals surface area contributed by atoms with E-state index in [2.05, 4.69) is 169 Å². The standard InChI is InChI=1S/C46H29NOSe/c1-2-11-30(12-3-1)36-15-4-5-16-37(36)31-13-10-14-33(27-31)47(35-23-26-40-39-17-6-8-19-43(39)48-44(40)29-35)34-22-25-38-32(28-34)21-24-42-41-18-7-9-20-45(41)49-46(38)42/h1-29H. The molecule has 0 aliphatic carbocycles. The largest absolute Gasteiger partial charge is 0.0617 e. The molecule has 10 rings (SSSR count). The summed E-state index contributed by atoms with van der Waals surface area (Å²) < 4.78 is 9.35. The summed E-state index contributed by atoms with van der Waals surface area (Å²) in [5.41, 5.74) is 9.85. The molecule has 0 bridgehead atoms. The molecule has 0 radical (unpaired) electrons. The van der Waals surface area contributed by atoms with E-state index in [1.54, 1.807) is 0 Å². The van der Waals surface area contributed by atoms with E-state index in [1.807, 2.05) is 12.1 Å². The van der Waals surface area contributed by atoms with Gasteiger partial charge in [-0.1, -0.05) is 48.5 Å². The van der Waals surface area contributed by atoms with Crippen molar-refractivity contribution in [2.24, 2.45) is 0 Å². The van der Waals surface area contributed by atoms with Crippen LogP contribution in [0.5, 0.6) is 0 Å². The van der Waals surface area contributed by atoms with Gasteiger partial charge < -0.3 is 0 Å². The van der Waals surface area contributed by atoms with Crippen LogP contribution in [0.1, 0.15) is 0 Å². The Balaban J connectivity index is 1.17. The molecule has 8 aromatic carbocycles. The summed E-state index contributed by atoms with van der Waals surface area (Å²) in [4.78, 5) is 2.37. The Morgan fingerprint density at radius 3 is 1.90 bits per heavy atom. The number of fused-ring (bicyclic) bond motifs is 8.